The molecule has 10 heteroatoms. The Morgan fingerprint density at radius 1 is 0.767 bits per heavy atom. The summed E-state index contributed by atoms with van der Waals surface area (Å²) in [7, 11) is 0. The SMILES string of the molecule is C=CC(=O)OC(C)CC(O)COC(=O)CCC(=O)OCC(O)CC(C)OC(=O)C=C. The van der Waals surface area contributed by atoms with Gasteiger partial charge in [-0.1, -0.05) is 13.2 Å². The van der Waals surface area contributed by atoms with Gasteiger partial charge in [0.25, 0.3) is 0 Å². The number of carbonyl (C=O) groups excluding carboxylic acids is 4. The summed E-state index contributed by atoms with van der Waals surface area (Å²) in [6, 6.07) is 0. The smallest absolute Gasteiger partial charge is 0.330 e. The molecule has 0 bridgehead atoms. The van der Waals surface area contributed by atoms with E-state index in [9.17, 15) is 29.4 Å². The van der Waals surface area contributed by atoms with Crippen LogP contribution in [0.1, 0.15) is 39.5 Å². The Morgan fingerprint density at radius 2 is 1.10 bits per heavy atom. The maximum atomic E-state index is 11.6. The molecule has 4 atom stereocenters. The molecule has 4 unspecified atom stereocenters. The molecule has 0 rings (SSSR count). The lowest BCUT2D eigenvalue weighted by Gasteiger charge is -2.17. The number of aliphatic hydroxyl groups excluding tert-OH is 2. The fraction of sp³-hybridized carbons (Fsp3) is 0.600. The predicted molar refractivity (Wildman–Crippen MR) is 104 cm³/mol. The average Bonchev–Trinajstić information content (AvgIpc) is 2.68. The quantitative estimate of drug-likeness (QED) is 0.215. The highest BCUT2D eigenvalue weighted by molar-refractivity contribution is 5.81. The highest BCUT2D eigenvalue weighted by Crippen LogP contribution is 2.07. The van der Waals surface area contributed by atoms with Crippen molar-refractivity contribution in [3.8, 4) is 0 Å². The molecule has 0 saturated carbocycles. The van der Waals surface area contributed by atoms with Gasteiger partial charge in [0.1, 0.15) is 25.4 Å². The molecular weight excluding hydrogens is 400 g/mol. The summed E-state index contributed by atoms with van der Waals surface area (Å²) in [4.78, 5) is 45.3. The summed E-state index contributed by atoms with van der Waals surface area (Å²) in [6.07, 6.45) is -1.67. The van der Waals surface area contributed by atoms with Gasteiger partial charge in [0, 0.05) is 25.0 Å². The minimum absolute atomic E-state index is 0.0628. The Hall–Kier alpha value is -2.72. The van der Waals surface area contributed by atoms with Crippen LogP contribution in [0.4, 0.5) is 0 Å². The molecule has 0 amide bonds. The Labute approximate surface area is 175 Å². The van der Waals surface area contributed by atoms with E-state index >= 15 is 0 Å². The van der Waals surface area contributed by atoms with Crippen LogP contribution in [0.25, 0.3) is 0 Å². The Morgan fingerprint density at radius 3 is 1.40 bits per heavy atom. The third-order valence-corrected chi connectivity index (χ3v) is 3.58. The summed E-state index contributed by atoms with van der Waals surface area (Å²) in [5.74, 6) is -2.68. The molecule has 10 nitrogen and oxygen atoms in total. The van der Waals surface area contributed by atoms with Crippen molar-refractivity contribution in [2.75, 3.05) is 13.2 Å². The first-order valence-electron chi connectivity index (χ1n) is 9.40. The molecule has 0 aliphatic rings. The average molecular weight is 430 g/mol. The van der Waals surface area contributed by atoms with Crippen molar-refractivity contribution < 1.29 is 48.3 Å². The first kappa shape index (κ1) is 27.3. The second kappa shape index (κ2) is 15.2. The van der Waals surface area contributed by atoms with Crippen molar-refractivity contribution in [2.45, 2.75) is 63.9 Å². The second-order valence-corrected chi connectivity index (χ2v) is 6.55. The van der Waals surface area contributed by atoms with E-state index in [-0.39, 0.29) is 38.9 Å². The second-order valence-electron chi connectivity index (χ2n) is 6.55. The largest absolute Gasteiger partial charge is 0.463 e. The molecule has 0 heterocycles. The summed E-state index contributed by atoms with van der Waals surface area (Å²) < 4.78 is 19.5. The number of aliphatic hydroxyl groups is 2. The van der Waals surface area contributed by atoms with Crippen LogP contribution in [0.2, 0.25) is 0 Å². The molecule has 0 aliphatic carbocycles. The van der Waals surface area contributed by atoms with Crippen LogP contribution in [0.3, 0.4) is 0 Å². The molecule has 0 aliphatic heterocycles. The molecule has 0 radical (unpaired) electrons. The van der Waals surface area contributed by atoms with E-state index in [1.165, 1.54) is 0 Å². The van der Waals surface area contributed by atoms with E-state index in [2.05, 4.69) is 13.2 Å². The number of hydrogen-bond donors (Lipinski definition) is 2. The fourth-order valence-electron chi connectivity index (χ4n) is 2.22. The van der Waals surface area contributed by atoms with E-state index in [0.717, 1.165) is 12.2 Å². The molecule has 30 heavy (non-hydrogen) atoms. The first-order chi connectivity index (χ1) is 14.1. The number of carbonyl (C=O) groups is 4. The van der Waals surface area contributed by atoms with Crippen LogP contribution in [-0.2, 0) is 38.1 Å². The van der Waals surface area contributed by atoms with Gasteiger partial charge in [-0.05, 0) is 13.8 Å². The highest BCUT2D eigenvalue weighted by atomic mass is 16.6. The van der Waals surface area contributed by atoms with E-state index < -0.39 is 48.3 Å². The molecule has 0 spiro atoms. The van der Waals surface area contributed by atoms with Crippen LogP contribution >= 0.6 is 0 Å². The maximum absolute atomic E-state index is 11.6. The zero-order valence-electron chi connectivity index (χ0n) is 17.3. The molecule has 0 fully saturated rings. The van der Waals surface area contributed by atoms with Crippen molar-refractivity contribution in [3.05, 3.63) is 25.3 Å². The van der Waals surface area contributed by atoms with Gasteiger partial charge in [-0.3, -0.25) is 9.59 Å². The summed E-state index contributed by atoms with van der Waals surface area (Å²) in [6.45, 7) is 9.02. The third kappa shape index (κ3) is 14.3. The predicted octanol–water partition coefficient (Wildman–Crippen LogP) is 0.590. The van der Waals surface area contributed by atoms with Gasteiger partial charge < -0.3 is 29.2 Å². The van der Waals surface area contributed by atoms with Crippen molar-refractivity contribution in [1.29, 1.82) is 0 Å². The van der Waals surface area contributed by atoms with E-state index in [1.807, 2.05) is 0 Å². The van der Waals surface area contributed by atoms with Gasteiger partial charge in [0.15, 0.2) is 0 Å². The molecule has 0 aromatic rings. The van der Waals surface area contributed by atoms with Gasteiger partial charge in [-0.15, -0.1) is 0 Å². The molecule has 2 N–H and O–H groups in total. The number of ether oxygens (including phenoxy) is 4. The van der Waals surface area contributed by atoms with Crippen LogP contribution in [-0.4, -0.2) is 71.7 Å². The summed E-state index contributed by atoms with van der Waals surface area (Å²) in [5.41, 5.74) is 0. The van der Waals surface area contributed by atoms with E-state index in [4.69, 9.17) is 18.9 Å². The highest BCUT2D eigenvalue weighted by Gasteiger charge is 2.18. The van der Waals surface area contributed by atoms with Crippen LogP contribution in [0.5, 0.6) is 0 Å². The van der Waals surface area contributed by atoms with Gasteiger partial charge in [0.2, 0.25) is 0 Å². The Kier molecular flexibility index (Phi) is 13.8. The molecule has 0 aromatic carbocycles. The lowest BCUT2D eigenvalue weighted by molar-refractivity contribution is -0.155. The van der Waals surface area contributed by atoms with E-state index in [0.29, 0.717) is 0 Å². The van der Waals surface area contributed by atoms with Gasteiger partial charge in [0.05, 0.1) is 25.0 Å². The number of rotatable bonds is 15. The van der Waals surface area contributed by atoms with Crippen molar-refractivity contribution in [3.63, 3.8) is 0 Å². The van der Waals surface area contributed by atoms with Crippen molar-refractivity contribution in [2.24, 2.45) is 0 Å². The molecular formula is C20H30O10. The Balaban J connectivity index is 3.98. The monoisotopic (exact) mass is 430 g/mol. The van der Waals surface area contributed by atoms with Crippen molar-refractivity contribution in [1.82, 2.24) is 0 Å². The lowest BCUT2D eigenvalue weighted by Crippen LogP contribution is -2.26. The zero-order chi connectivity index (χ0) is 23.1. The number of hydrogen-bond acceptors (Lipinski definition) is 10. The maximum Gasteiger partial charge on any atom is 0.330 e. The van der Waals surface area contributed by atoms with Crippen molar-refractivity contribution >= 4 is 23.9 Å². The molecule has 0 saturated heterocycles. The fourth-order valence-corrected chi connectivity index (χ4v) is 2.22. The number of esters is 4. The topological polar surface area (TPSA) is 146 Å². The first-order valence-corrected chi connectivity index (χ1v) is 9.40. The molecule has 0 aromatic heterocycles. The van der Waals surface area contributed by atoms with Crippen LogP contribution in [0.15, 0.2) is 25.3 Å². The molecule has 170 valence electrons. The van der Waals surface area contributed by atoms with Crippen LogP contribution < -0.4 is 0 Å². The van der Waals surface area contributed by atoms with Gasteiger partial charge >= 0.3 is 23.9 Å². The van der Waals surface area contributed by atoms with E-state index in [1.54, 1.807) is 13.8 Å². The normalized spacial score (nSPS) is 14.4. The lowest BCUT2D eigenvalue weighted by atomic mass is 10.2. The third-order valence-electron chi connectivity index (χ3n) is 3.58. The Bertz CT molecular complexity index is 548. The summed E-state index contributed by atoms with van der Waals surface area (Å²) >= 11 is 0. The van der Waals surface area contributed by atoms with Crippen LogP contribution in [0, 0.1) is 0 Å². The summed E-state index contributed by atoms with van der Waals surface area (Å²) in [5, 5.41) is 19.5. The van der Waals surface area contributed by atoms with Gasteiger partial charge in [-0.2, -0.15) is 0 Å². The zero-order valence-corrected chi connectivity index (χ0v) is 17.3. The minimum Gasteiger partial charge on any atom is -0.463 e. The minimum atomic E-state index is -1.04. The van der Waals surface area contributed by atoms with Gasteiger partial charge in [-0.25, -0.2) is 9.59 Å². The standard InChI is InChI=1S/C20H30O10/c1-5-17(23)29-13(3)9-15(21)11-27-19(25)7-8-20(26)28-12-16(22)10-14(4)30-18(24)6-2/h5-6,13-16,21-22H,1-2,7-12H2,3-4H3.